The number of carbonyl (C=O) groups is 1. The van der Waals surface area contributed by atoms with E-state index >= 15 is 0 Å². The van der Waals surface area contributed by atoms with Crippen molar-refractivity contribution in [1.29, 1.82) is 0 Å². The van der Waals surface area contributed by atoms with Gasteiger partial charge in [-0.1, -0.05) is 65.7 Å². The Kier molecular flexibility index (Phi) is 8.80. The molecule has 2 atom stereocenters. The molecule has 0 saturated heterocycles. The molecule has 0 aromatic carbocycles. The van der Waals surface area contributed by atoms with E-state index < -0.39 is 0 Å². The fraction of sp³-hybridized carbons (Fsp3) is 0.944. The monoisotopic (exact) mass is 312 g/mol. The number of rotatable bonds is 4. The van der Waals surface area contributed by atoms with Crippen LogP contribution in [-0.2, 0) is 9.22 Å². The molecule has 0 aliphatic heterocycles. The zero-order valence-corrected chi connectivity index (χ0v) is 16.7. The molecule has 1 aliphatic carbocycles. The Balaban J connectivity index is 2.73. The lowest BCUT2D eigenvalue weighted by Gasteiger charge is -2.39. The van der Waals surface area contributed by atoms with Gasteiger partial charge in [-0.3, -0.25) is 4.79 Å². The van der Waals surface area contributed by atoms with E-state index in [1.54, 1.807) is 0 Å². The van der Waals surface area contributed by atoms with Crippen LogP contribution in [0.4, 0.5) is 0 Å². The third-order valence-electron chi connectivity index (χ3n) is 5.64. The third-order valence-corrected chi connectivity index (χ3v) is 5.97. The lowest BCUT2D eigenvalue weighted by Crippen LogP contribution is -2.38. The van der Waals surface area contributed by atoms with E-state index in [1.165, 1.54) is 44.9 Å². The minimum atomic E-state index is 0.0611. The van der Waals surface area contributed by atoms with Crippen molar-refractivity contribution < 1.29 is 9.22 Å². The van der Waals surface area contributed by atoms with Crippen molar-refractivity contribution in [2.24, 2.45) is 17.3 Å². The molecule has 1 aliphatic rings. The number of carbonyl (C=O) groups excluding carboxylic acids is 1. The lowest BCUT2D eigenvalue weighted by atomic mass is 9.66. The molecular weight excluding hydrogens is 276 g/mol. The molecule has 1 rings (SSSR count). The van der Waals surface area contributed by atoms with Crippen molar-refractivity contribution in [3.8, 4) is 0 Å². The summed E-state index contributed by atoms with van der Waals surface area (Å²) in [5.74, 6) is 1.20. The normalized spacial score (nSPS) is 25.1. The van der Waals surface area contributed by atoms with Crippen LogP contribution in [0.15, 0.2) is 0 Å². The molecule has 124 valence electrons. The number of hydrogen-bond acceptors (Lipinski definition) is 2. The lowest BCUT2D eigenvalue weighted by molar-refractivity contribution is -0.128. The van der Waals surface area contributed by atoms with Gasteiger partial charge in [0.25, 0.3) is 0 Å². The smallest absolute Gasteiger partial charge is 0.145 e. The zero-order valence-electron chi connectivity index (χ0n) is 14.7. The second-order valence-electron chi connectivity index (χ2n) is 7.56. The van der Waals surface area contributed by atoms with Gasteiger partial charge in [0.15, 0.2) is 0 Å². The van der Waals surface area contributed by atoms with E-state index in [4.69, 9.17) is 4.43 Å². The van der Waals surface area contributed by atoms with Gasteiger partial charge in [-0.25, -0.2) is 0 Å². The molecule has 1 saturated carbocycles. The Labute approximate surface area is 135 Å². The fourth-order valence-electron chi connectivity index (χ4n) is 3.64. The maximum absolute atomic E-state index is 12.8. The molecule has 2 nitrogen and oxygen atoms in total. The van der Waals surface area contributed by atoms with Gasteiger partial charge in [-0.05, 0) is 24.2 Å². The van der Waals surface area contributed by atoms with Gasteiger partial charge in [0.05, 0.1) is 0 Å². The molecular formula is C18H36O2Si. The van der Waals surface area contributed by atoms with Gasteiger partial charge in [-0.2, -0.15) is 0 Å². The Hall–Kier alpha value is -0.153. The second kappa shape index (κ2) is 9.78. The number of hydrogen-bond donors (Lipinski definition) is 0. The van der Waals surface area contributed by atoms with E-state index in [9.17, 15) is 4.79 Å². The Bertz CT molecular complexity index is 302. The molecule has 1 fully saturated rings. The Morgan fingerprint density at radius 2 is 1.62 bits per heavy atom. The molecule has 3 heteroatoms. The first-order valence-corrected chi connectivity index (χ1v) is 9.83. The first-order chi connectivity index (χ1) is 10.00. The standard InChI is InChI=1S/C18H36O2Si/c1-15(14-20-21)18(2,3)16-12-10-8-6-4-5-7-9-11-13-17(16)19/h15-16H,4-14H2,1-3,21H3. The fourth-order valence-corrected chi connectivity index (χ4v) is 4.14. The maximum Gasteiger partial charge on any atom is 0.145 e. The highest BCUT2D eigenvalue weighted by molar-refractivity contribution is 5.97. The molecule has 0 aromatic heterocycles. The minimum absolute atomic E-state index is 0.0611. The molecule has 0 spiro atoms. The summed E-state index contributed by atoms with van der Waals surface area (Å²) in [5.41, 5.74) is 0.0611. The van der Waals surface area contributed by atoms with Crippen molar-refractivity contribution in [1.82, 2.24) is 0 Å². The van der Waals surface area contributed by atoms with Gasteiger partial charge in [0, 0.05) is 18.9 Å². The zero-order chi connectivity index (χ0) is 15.7. The van der Waals surface area contributed by atoms with Crippen molar-refractivity contribution in [3.05, 3.63) is 0 Å². The average molecular weight is 313 g/mol. The van der Waals surface area contributed by atoms with Crippen LogP contribution < -0.4 is 0 Å². The van der Waals surface area contributed by atoms with Crippen LogP contribution in [-0.4, -0.2) is 22.9 Å². The molecule has 0 N–H and O–H groups in total. The molecule has 0 aromatic rings. The highest BCUT2D eigenvalue weighted by Gasteiger charge is 2.38. The molecule has 0 bridgehead atoms. The van der Waals surface area contributed by atoms with Crippen LogP contribution >= 0.6 is 0 Å². The summed E-state index contributed by atoms with van der Waals surface area (Å²) in [6.07, 6.45) is 12.1. The molecule has 0 heterocycles. The minimum Gasteiger partial charge on any atom is -0.428 e. The Morgan fingerprint density at radius 3 is 2.19 bits per heavy atom. The van der Waals surface area contributed by atoms with Gasteiger partial charge < -0.3 is 4.43 Å². The number of Topliss-reactive ketones (excluding diaryl/α,β-unsaturated/α-hetero) is 1. The molecule has 0 radical (unpaired) electrons. The van der Waals surface area contributed by atoms with Crippen molar-refractivity contribution in [2.45, 2.75) is 85.0 Å². The van der Waals surface area contributed by atoms with E-state index in [1.807, 2.05) is 0 Å². The van der Waals surface area contributed by atoms with Gasteiger partial charge in [0.1, 0.15) is 16.3 Å². The first kappa shape index (κ1) is 18.9. The van der Waals surface area contributed by atoms with Crippen LogP contribution in [0.2, 0.25) is 0 Å². The maximum atomic E-state index is 12.8. The van der Waals surface area contributed by atoms with E-state index in [0.717, 1.165) is 36.4 Å². The summed E-state index contributed by atoms with van der Waals surface area (Å²) in [7, 11) is 0.791. The van der Waals surface area contributed by atoms with Crippen LogP contribution in [0.3, 0.4) is 0 Å². The van der Waals surface area contributed by atoms with Crippen LogP contribution in [0.25, 0.3) is 0 Å². The predicted octanol–water partition coefficient (Wildman–Crippen LogP) is 4.05. The first-order valence-electron chi connectivity index (χ1n) is 9.01. The Morgan fingerprint density at radius 1 is 1.10 bits per heavy atom. The summed E-state index contributed by atoms with van der Waals surface area (Å²) < 4.78 is 5.48. The van der Waals surface area contributed by atoms with Gasteiger partial charge in [-0.15, -0.1) is 0 Å². The SMILES string of the molecule is CC(CO[SiH3])C(C)(C)C1CCCCCCCCCCC1=O. The summed E-state index contributed by atoms with van der Waals surface area (Å²) >= 11 is 0. The highest BCUT2D eigenvalue weighted by atomic mass is 28.2. The summed E-state index contributed by atoms with van der Waals surface area (Å²) in [4.78, 5) is 12.8. The largest absolute Gasteiger partial charge is 0.428 e. The van der Waals surface area contributed by atoms with Crippen molar-refractivity contribution in [2.75, 3.05) is 6.61 Å². The quantitative estimate of drug-likeness (QED) is 0.732. The van der Waals surface area contributed by atoms with Crippen LogP contribution in [0.5, 0.6) is 0 Å². The summed E-state index contributed by atoms with van der Waals surface area (Å²) in [6.45, 7) is 7.63. The van der Waals surface area contributed by atoms with Crippen molar-refractivity contribution >= 4 is 16.3 Å². The second-order valence-corrected chi connectivity index (χ2v) is 8.14. The topological polar surface area (TPSA) is 26.3 Å². The highest BCUT2D eigenvalue weighted by Crippen LogP contribution is 2.40. The predicted molar refractivity (Wildman–Crippen MR) is 93.5 cm³/mol. The van der Waals surface area contributed by atoms with Crippen LogP contribution in [0.1, 0.15) is 85.0 Å². The molecule has 0 amide bonds. The van der Waals surface area contributed by atoms with E-state index in [-0.39, 0.29) is 11.3 Å². The van der Waals surface area contributed by atoms with Crippen molar-refractivity contribution in [3.63, 3.8) is 0 Å². The van der Waals surface area contributed by atoms with E-state index in [0.29, 0.717) is 11.7 Å². The summed E-state index contributed by atoms with van der Waals surface area (Å²) in [5, 5.41) is 0. The third kappa shape index (κ3) is 6.23. The van der Waals surface area contributed by atoms with E-state index in [2.05, 4.69) is 20.8 Å². The number of ketones is 1. The van der Waals surface area contributed by atoms with Crippen LogP contribution in [0, 0.1) is 17.3 Å². The summed E-state index contributed by atoms with van der Waals surface area (Å²) in [6, 6.07) is 0. The molecule has 2 unspecified atom stereocenters. The van der Waals surface area contributed by atoms with Gasteiger partial charge in [0.2, 0.25) is 0 Å². The average Bonchev–Trinajstić information content (AvgIpc) is 2.42. The van der Waals surface area contributed by atoms with Gasteiger partial charge >= 0.3 is 0 Å². The molecule has 21 heavy (non-hydrogen) atoms.